The highest BCUT2D eigenvalue weighted by Crippen LogP contribution is 2.23. The minimum atomic E-state index is -0.286. The molecule has 0 aromatic carbocycles. The number of hydrogen-bond donors (Lipinski definition) is 2. The van der Waals surface area contributed by atoms with Gasteiger partial charge in [-0.25, -0.2) is 4.98 Å². The Bertz CT molecular complexity index is 569. The summed E-state index contributed by atoms with van der Waals surface area (Å²) in [7, 11) is 0. The highest BCUT2D eigenvalue weighted by molar-refractivity contribution is 7.17. The maximum absolute atomic E-state index is 11.9. The smallest absolute Gasteiger partial charge is 0.267 e. The van der Waals surface area contributed by atoms with Crippen molar-refractivity contribution in [1.82, 2.24) is 9.97 Å². The molecule has 17 heavy (non-hydrogen) atoms. The molecule has 0 spiro atoms. The number of carbonyl (C=O) groups is 1. The predicted molar refractivity (Wildman–Crippen MR) is 68.5 cm³/mol. The maximum Gasteiger partial charge on any atom is 0.267 e. The molecule has 3 N–H and O–H groups in total. The number of thiazole rings is 1. The Labute approximate surface area is 107 Å². The molecule has 0 saturated heterocycles. The average Bonchev–Trinajstić information content (AvgIpc) is 2.61. The van der Waals surface area contributed by atoms with Gasteiger partial charge in [-0.05, 0) is 13.0 Å². The molecule has 0 atom stereocenters. The van der Waals surface area contributed by atoms with E-state index < -0.39 is 0 Å². The van der Waals surface area contributed by atoms with Crippen LogP contribution in [0.25, 0.3) is 0 Å². The Kier molecular flexibility index (Phi) is 3.26. The summed E-state index contributed by atoms with van der Waals surface area (Å²) in [5.41, 5.74) is 6.59. The molecule has 0 fully saturated rings. The van der Waals surface area contributed by atoms with Crippen LogP contribution in [0.5, 0.6) is 0 Å². The van der Waals surface area contributed by atoms with Gasteiger partial charge in [0.05, 0.1) is 22.6 Å². The topological polar surface area (TPSA) is 80.9 Å². The average molecular weight is 269 g/mol. The summed E-state index contributed by atoms with van der Waals surface area (Å²) in [5, 5.41) is 3.46. The van der Waals surface area contributed by atoms with E-state index in [1.165, 1.54) is 6.20 Å². The number of nitrogens with two attached hydrogens (primary N) is 1. The number of hydrogen-bond acceptors (Lipinski definition) is 5. The fraction of sp³-hybridized carbons (Fsp3) is 0.100. The summed E-state index contributed by atoms with van der Waals surface area (Å²) >= 11 is 7.05. The van der Waals surface area contributed by atoms with Crippen LogP contribution in [0.2, 0.25) is 5.02 Å². The number of anilines is 2. The van der Waals surface area contributed by atoms with Crippen LogP contribution in [0.3, 0.4) is 0 Å². The van der Waals surface area contributed by atoms with E-state index in [9.17, 15) is 4.79 Å². The molecule has 0 unspecified atom stereocenters. The van der Waals surface area contributed by atoms with Crippen LogP contribution in [0.4, 0.5) is 10.8 Å². The lowest BCUT2D eigenvalue weighted by molar-refractivity contribution is 0.103. The Balaban J connectivity index is 2.23. The number of nitrogens with one attached hydrogen (secondary N) is 1. The van der Waals surface area contributed by atoms with Crippen LogP contribution >= 0.6 is 22.9 Å². The standard InChI is InChI=1S/C10H9ClN4OS/c1-5-8(17-10(12)14-5)9(16)15-7-4-13-3-2-6(7)11/h2-4H,1H3,(H2,12,14)(H,15,16). The number of aromatic nitrogens is 2. The normalized spacial score (nSPS) is 10.2. The first-order chi connectivity index (χ1) is 8.08. The summed E-state index contributed by atoms with van der Waals surface area (Å²) < 4.78 is 0. The summed E-state index contributed by atoms with van der Waals surface area (Å²) in [6.07, 6.45) is 3.04. The van der Waals surface area contributed by atoms with Gasteiger partial charge < -0.3 is 11.1 Å². The fourth-order valence-corrected chi connectivity index (χ4v) is 2.16. The molecule has 0 aliphatic heterocycles. The lowest BCUT2D eigenvalue weighted by Gasteiger charge is -2.04. The quantitative estimate of drug-likeness (QED) is 0.876. The highest BCUT2D eigenvalue weighted by Gasteiger charge is 2.15. The molecule has 1 amide bonds. The summed E-state index contributed by atoms with van der Waals surface area (Å²) in [6.45, 7) is 1.73. The molecule has 0 bridgehead atoms. The number of halogens is 1. The Morgan fingerprint density at radius 1 is 1.59 bits per heavy atom. The molecule has 88 valence electrons. The Morgan fingerprint density at radius 2 is 2.35 bits per heavy atom. The van der Waals surface area contributed by atoms with Crippen LogP contribution in [0.1, 0.15) is 15.4 Å². The van der Waals surface area contributed by atoms with Gasteiger partial charge >= 0.3 is 0 Å². The number of pyridine rings is 1. The molecule has 0 radical (unpaired) electrons. The molecule has 0 aliphatic carbocycles. The first kappa shape index (κ1) is 11.8. The highest BCUT2D eigenvalue weighted by atomic mass is 35.5. The zero-order valence-electron chi connectivity index (χ0n) is 8.90. The Morgan fingerprint density at radius 3 is 2.94 bits per heavy atom. The fourth-order valence-electron chi connectivity index (χ4n) is 1.28. The van der Waals surface area contributed by atoms with Crippen molar-refractivity contribution in [2.45, 2.75) is 6.92 Å². The predicted octanol–water partition coefficient (Wildman–Crippen LogP) is 2.33. The van der Waals surface area contributed by atoms with Gasteiger partial charge in [0.2, 0.25) is 0 Å². The molecule has 0 aliphatic rings. The lowest BCUT2D eigenvalue weighted by atomic mass is 10.3. The third-order valence-corrected chi connectivity index (χ3v) is 3.35. The van der Waals surface area contributed by atoms with Gasteiger partial charge in [0, 0.05) is 6.20 Å². The van der Waals surface area contributed by atoms with Gasteiger partial charge in [-0.1, -0.05) is 22.9 Å². The molecular formula is C10H9ClN4OS. The Hall–Kier alpha value is -1.66. The van der Waals surface area contributed by atoms with Crippen LogP contribution in [-0.4, -0.2) is 15.9 Å². The largest absolute Gasteiger partial charge is 0.375 e. The SMILES string of the molecule is Cc1nc(N)sc1C(=O)Nc1cnccc1Cl. The summed E-state index contributed by atoms with van der Waals surface area (Å²) in [4.78, 5) is 20.3. The van der Waals surface area contributed by atoms with Gasteiger partial charge in [0.1, 0.15) is 4.88 Å². The van der Waals surface area contributed by atoms with Gasteiger partial charge in [-0.3, -0.25) is 9.78 Å². The monoisotopic (exact) mass is 268 g/mol. The van der Waals surface area contributed by atoms with Gasteiger partial charge in [-0.15, -0.1) is 0 Å². The number of nitrogens with zero attached hydrogens (tertiary/aromatic N) is 2. The second-order valence-corrected chi connectivity index (χ2v) is 4.71. The molecule has 5 nitrogen and oxygen atoms in total. The van der Waals surface area contributed by atoms with Gasteiger partial charge in [0.25, 0.3) is 5.91 Å². The summed E-state index contributed by atoms with van der Waals surface area (Å²) in [6, 6.07) is 1.60. The van der Waals surface area contributed by atoms with Crippen molar-refractivity contribution in [2.75, 3.05) is 11.1 Å². The first-order valence-electron chi connectivity index (χ1n) is 4.71. The van der Waals surface area contributed by atoms with Crippen molar-refractivity contribution in [2.24, 2.45) is 0 Å². The van der Waals surface area contributed by atoms with Crippen LogP contribution < -0.4 is 11.1 Å². The molecule has 2 rings (SSSR count). The minimum Gasteiger partial charge on any atom is -0.375 e. The van der Waals surface area contributed by atoms with Crippen molar-refractivity contribution in [1.29, 1.82) is 0 Å². The zero-order chi connectivity index (χ0) is 12.4. The van der Waals surface area contributed by atoms with E-state index in [0.717, 1.165) is 11.3 Å². The molecule has 0 saturated carbocycles. The van der Waals surface area contributed by atoms with Crippen molar-refractivity contribution in [3.05, 3.63) is 34.1 Å². The second-order valence-electron chi connectivity index (χ2n) is 3.28. The van der Waals surface area contributed by atoms with E-state index in [4.69, 9.17) is 17.3 Å². The van der Waals surface area contributed by atoms with Crippen molar-refractivity contribution in [3.63, 3.8) is 0 Å². The number of aryl methyl sites for hydroxylation is 1. The number of nitrogen functional groups attached to an aromatic ring is 1. The summed E-state index contributed by atoms with van der Waals surface area (Å²) in [5.74, 6) is -0.286. The van der Waals surface area contributed by atoms with E-state index in [1.54, 1.807) is 19.2 Å². The molecular weight excluding hydrogens is 260 g/mol. The van der Waals surface area contributed by atoms with E-state index in [2.05, 4.69) is 15.3 Å². The van der Waals surface area contributed by atoms with Crippen LogP contribution in [0.15, 0.2) is 18.5 Å². The first-order valence-corrected chi connectivity index (χ1v) is 5.91. The third-order valence-electron chi connectivity index (χ3n) is 2.04. The molecule has 2 heterocycles. The van der Waals surface area contributed by atoms with E-state index in [1.807, 2.05) is 0 Å². The second kappa shape index (κ2) is 4.68. The van der Waals surface area contributed by atoms with Gasteiger partial charge in [0.15, 0.2) is 5.13 Å². The van der Waals surface area contributed by atoms with E-state index >= 15 is 0 Å². The van der Waals surface area contributed by atoms with E-state index in [-0.39, 0.29) is 5.91 Å². The maximum atomic E-state index is 11.9. The molecule has 2 aromatic heterocycles. The number of carbonyl (C=O) groups excluding carboxylic acids is 1. The van der Waals surface area contributed by atoms with Crippen LogP contribution in [0, 0.1) is 6.92 Å². The zero-order valence-corrected chi connectivity index (χ0v) is 10.5. The van der Waals surface area contributed by atoms with Crippen molar-refractivity contribution < 1.29 is 4.79 Å². The minimum absolute atomic E-state index is 0.286. The lowest BCUT2D eigenvalue weighted by Crippen LogP contribution is -2.12. The molecule has 7 heteroatoms. The number of amides is 1. The number of rotatable bonds is 2. The molecule has 2 aromatic rings. The van der Waals surface area contributed by atoms with Crippen LogP contribution in [-0.2, 0) is 0 Å². The van der Waals surface area contributed by atoms with Crippen molar-refractivity contribution >= 4 is 39.7 Å². The third kappa shape index (κ3) is 2.54. The van der Waals surface area contributed by atoms with Crippen molar-refractivity contribution in [3.8, 4) is 0 Å². The van der Waals surface area contributed by atoms with Gasteiger partial charge in [-0.2, -0.15) is 0 Å². The van der Waals surface area contributed by atoms with E-state index in [0.29, 0.717) is 26.4 Å².